The molecule has 0 radical (unpaired) electrons. The second-order valence-electron chi connectivity index (χ2n) is 4.39. The monoisotopic (exact) mass is 258 g/mol. The molecule has 98 valence electrons. The van der Waals surface area contributed by atoms with Gasteiger partial charge >= 0.3 is 0 Å². The summed E-state index contributed by atoms with van der Waals surface area (Å²) >= 11 is 0. The molecular formula is C12H14N6O. The molecule has 1 aliphatic heterocycles. The number of pyridine rings is 1. The van der Waals surface area contributed by atoms with Crippen molar-refractivity contribution in [3.63, 3.8) is 0 Å². The lowest BCUT2D eigenvalue weighted by Crippen LogP contribution is -2.19. The van der Waals surface area contributed by atoms with Gasteiger partial charge in [0.2, 0.25) is 5.82 Å². The van der Waals surface area contributed by atoms with Crippen LogP contribution < -0.4 is 10.2 Å². The van der Waals surface area contributed by atoms with Crippen molar-refractivity contribution in [1.29, 1.82) is 0 Å². The van der Waals surface area contributed by atoms with Crippen molar-refractivity contribution >= 4 is 17.4 Å². The lowest BCUT2D eigenvalue weighted by Gasteiger charge is -2.16. The Morgan fingerprint density at radius 2 is 2.11 bits per heavy atom. The minimum absolute atomic E-state index is 0.184. The van der Waals surface area contributed by atoms with Gasteiger partial charge in [0, 0.05) is 13.1 Å². The van der Waals surface area contributed by atoms with Gasteiger partial charge in [0.1, 0.15) is 12.1 Å². The average Bonchev–Trinajstić information content (AvgIpc) is 3.13. The fraction of sp³-hybridized carbons (Fsp3) is 0.333. The summed E-state index contributed by atoms with van der Waals surface area (Å²) in [6, 6.07) is 3.76. The molecule has 3 heterocycles. The van der Waals surface area contributed by atoms with E-state index in [1.165, 1.54) is 19.2 Å². The van der Waals surface area contributed by atoms with Crippen LogP contribution in [0.3, 0.4) is 0 Å². The van der Waals surface area contributed by atoms with Gasteiger partial charge < -0.3 is 10.2 Å². The Balaban J connectivity index is 1.67. The van der Waals surface area contributed by atoms with Gasteiger partial charge in [-0.1, -0.05) is 0 Å². The number of amides is 1. The number of nitrogens with zero attached hydrogens (tertiary/aromatic N) is 4. The van der Waals surface area contributed by atoms with Crippen LogP contribution in [-0.4, -0.2) is 39.2 Å². The van der Waals surface area contributed by atoms with Crippen LogP contribution in [0.2, 0.25) is 0 Å². The second kappa shape index (κ2) is 5.05. The van der Waals surface area contributed by atoms with Crippen molar-refractivity contribution in [2.45, 2.75) is 12.8 Å². The number of carbonyl (C=O) groups excluding carboxylic acids is 1. The highest BCUT2D eigenvalue weighted by atomic mass is 16.2. The van der Waals surface area contributed by atoms with Crippen LogP contribution in [0.1, 0.15) is 23.5 Å². The zero-order chi connectivity index (χ0) is 13.1. The summed E-state index contributed by atoms with van der Waals surface area (Å²) in [5.74, 6) is 0.812. The molecule has 0 atom stereocenters. The summed E-state index contributed by atoms with van der Waals surface area (Å²) in [7, 11) is 0. The first-order valence-corrected chi connectivity index (χ1v) is 6.20. The average molecular weight is 258 g/mol. The number of aromatic amines is 1. The van der Waals surface area contributed by atoms with Crippen LogP contribution in [0.25, 0.3) is 0 Å². The molecule has 0 aliphatic carbocycles. The van der Waals surface area contributed by atoms with Crippen LogP contribution >= 0.6 is 0 Å². The topological polar surface area (TPSA) is 86.8 Å². The third-order valence-electron chi connectivity index (χ3n) is 3.07. The number of hydrogen-bond acceptors (Lipinski definition) is 5. The van der Waals surface area contributed by atoms with Crippen LogP contribution in [-0.2, 0) is 0 Å². The first-order chi connectivity index (χ1) is 9.33. The Labute approximate surface area is 110 Å². The summed E-state index contributed by atoms with van der Waals surface area (Å²) in [5.41, 5.74) is 0.643. The lowest BCUT2D eigenvalue weighted by atomic mass is 10.3. The Bertz CT molecular complexity index is 544. The molecule has 2 N–H and O–H groups in total. The maximum absolute atomic E-state index is 11.7. The summed E-state index contributed by atoms with van der Waals surface area (Å²) in [5, 5.41) is 8.85. The van der Waals surface area contributed by atoms with Crippen molar-refractivity contribution in [2.75, 3.05) is 23.3 Å². The fourth-order valence-corrected chi connectivity index (χ4v) is 2.10. The van der Waals surface area contributed by atoms with E-state index >= 15 is 0 Å². The molecule has 0 bridgehead atoms. The molecule has 1 saturated heterocycles. The van der Waals surface area contributed by atoms with Crippen LogP contribution in [0.15, 0.2) is 24.7 Å². The number of hydrogen-bond donors (Lipinski definition) is 2. The van der Waals surface area contributed by atoms with E-state index in [0.717, 1.165) is 18.9 Å². The van der Waals surface area contributed by atoms with E-state index < -0.39 is 0 Å². The van der Waals surface area contributed by atoms with E-state index in [1.807, 2.05) is 12.1 Å². The molecule has 7 nitrogen and oxygen atoms in total. The highest BCUT2D eigenvalue weighted by Gasteiger charge is 2.14. The van der Waals surface area contributed by atoms with Gasteiger partial charge in [-0.05, 0) is 25.0 Å². The summed E-state index contributed by atoms with van der Waals surface area (Å²) in [4.78, 5) is 22.1. The van der Waals surface area contributed by atoms with Crippen molar-refractivity contribution < 1.29 is 4.79 Å². The standard InChI is InChI=1S/C12H14N6O/c19-12(11-14-8-15-17-11)16-9-3-4-10(13-7-9)18-5-1-2-6-18/h3-4,7-8H,1-2,5-6H2,(H,16,19)(H,14,15,17). The predicted octanol–water partition coefficient (Wildman–Crippen LogP) is 1.05. The molecule has 0 spiro atoms. The Morgan fingerprint density at radius 3 is 2.74 bits per heavy atom. The molecule has 1 aliphatic rings. The van der Waals surface area contributed by atoms with Crippen LogP contribution in [0.5, 0.6) is 0 Å². The van der Waals surface area contributed by atoms with Gasteiger partial charge in [0.25, 0.3) is 5.91 Å². The van der Waals surface area contributed by atoms with E-state index in [0.29, 0.717) is 5.69 Å². The first kappa shape index (κ1) is 11.6. The number of carbonyl (C=O) groups is 1. The number of aromatic nitrogens is 4. The summed E-state index contributed by atoms with van der Waals surface area (Å²) in [6.45, 7) is 2.10. The van der Waals surface area contributed by atoms with Crippen molar-refractivity contribution in [3.8, 4) is 0 Å². The van der Waals surface area contributed by atoms with E-state index in [9.17, 15) is 4.79 Å². The number of nitrogens with one attached hydrogen (secondary N) is 2. The Kier molecular flexibility index (Phi) is 3.09. The molecule has 3 rings (SSSR count). The molecule has 2 aromatic rings. The minimum atomic E-state index is -0.326. The molecule has 2 aromatic heterocycles. The van der Waals surface area contributed by atoms with E-state index in [1.54, 1.807) is 6.20 Å². The highest BCUT2D eigenvalue weighted by molar-refractivity contribution is 6.01. The van der Waals surface area contributed by atoms with E-state index in [-0.39, 0.29) is 11.7 Å². The van der Waals surface area contributed by atoms with E-state index in [4.69, 9.17) is 0 Å². The number of anilines is 2. The smallest absolute Gasteiger partial charge is 0.293 e. The van der Waals surface area contributed by atoms with E-state index in [2.05, 4.69) is 30.4 Å². The quantitative estimate of drug-likeness (QED) is 0.859. The molecular weight excluding hydrogens is 244 g/mol. The molecule has 1 fully saturated rings. The molecule has 19 heavy (non-hydrogen) atoms. The van der Waals surface area contributed by atoms with Gasteiger partial charge in [0.15, 0.2) is 0 Å². The minimum Gasteiger partial charge on any atom is -0.357 e. The van der Waals surface area contributed by atoms with Crippen molar-refractivity contribution in [3.05, 3.63) is 30.5 Å². The SMILES string of the molecule is O=C(Nc1ccc(N2CCCC2)nc1)c1ncn[nH]1. The summed E-state index contributed by atoms with van der Waals surface area (Å²) in [6.07, 6.45) is 5.38. The van der Waals surface area contributed by atoms with Crippen LogP contribution in [0, 0.1) is 0 Å². The Hall–Kier alpha value is -2.44. The highest BCUT2D eigenvalue weighted by Crippen LogP contribution is 2.19. The number of rotatable bonds is 3. The van der Waals surface area contributed by atoms with Gasteiger partial charge in [-0.2, -0.15) is 5.10 Å². The zero-order valence-corrected chi connectivity index (χ0v) is 10.3. The Morgan fingerprint density at radius 1 is 1.26 bits per heavy atom. The molecule has 1 amide bonds. The predicted molar refractivity (Wildman–Crippen MR) is 70.0 cm³/mol. The van der Waals surface area contributed by atoms with Gasteiger partial charge in [-0.3, -0.25) is 9.89 Å². The maximum atomic E-state index is 11.7. The van der Waals surface area contributed by atoms with Crippen molar-refractivity contribution in [2.24, 2.45) is 0 Å². The van der Waals surface area contributed by atoms with Crippen molar-refractivity contribution in [1.82, 2.24) is 20.2 Å². The third kappa shape index (κ3) is 2.54. The molecule has 0 unspecified atom stereocenters. The zero-order valence-electron chi connectivity index (χ0n) is 10.3. The van der Waals surface area contributed by atoms with Gasteiger partial charge in [0.05, 0.1) is 11.9 Å². The van der Waals surface area contributed by atoms with Crippen LogP contribution in [0.4, 0.5) is 11.5 Å². The normalized spacial score (nSPS) is 14.6. The van der Waals surface area contributed by atoms with Gasteiger partial charge in [-0.25, -0.2) is 9.97 Å². The third-order valence-corrected chi connectivity index (χ3v) is 3.07. The fourth-order valence-electron chi connectivity index (χ4n) is 2.10. The lowest BCUT2D eigenvalue weighted by molar-refractivity contribution is 0.101. The van der Waals surface area contributed by atoms with Gasteiger partial charge in [-0.15, -0.1) is 0 Å². The molecule has 0 saturated carbocycles. The maximum Gasteiger partial charge on any atom is 0.293 e. The number of H-pyrrole nitrogens is 1. The molecule has 7 heteroatoms. The first-order valence-electron chi connectivity index (χ1n) is 6.20. The summed E-state index contributed by atoms with van der Waals surface area (Å²) < 4.78 is 0. The molecule has 0 aromatic carbocycles. The largest absolute Gasteiger partial charge is 0.357 e. The second-order valence-corrected chi connectivity index (χ2v) is 4.39.